The van der Waals surface area contributed by atoms with Crippen molar-refractivity contribution in [2.75, 3.05) is 4.90 Å². The Hall–Kier alpha value is -7.04. The van der Waals surface area contributed by atoms with Crippen LogP contribution in [-0.2, 0) is 0 Å². The average molecular weight is 690 g/mol. The molecule has 0 atom stereocenters. The molecule has 0 aliphatic carbocycles. The number of benzene rings is 9. The summed E-state index contributed by atoms with van der Waals surface area (Å²) in [6.07, 6.45) is 0. The second-order valence-corrected chi connectivity index (χ2v) is 14.0. The molecule has 0 radical (unpaired) electrons. The lowest BCUT2D eigenvalue weighted by Gasteiger charge is -2.28. The molecule has 10 aromatic rings. The third-order valence-electron chi connectivity index (χ3n) is 11.0. The third-order valence-corrected chi connectivity index (χ3v) is 11.0. The number of rotatable bonds is 6. The number of ether oxygens (including phenoxy) is 1. The molecular formula is C50H32BNO2. The van der Waals surface area contributed by atoms with Crippen molar-refractivity contribution in [3.63, 3.8) is 0 Å². The van der Waals surface area contributed by atoms with Crippen molar-refractivity contribution in [3.8, 4) is 22.6 Å². The fourth-order valence-corrected chi connectivity index (χ4v) is 8.62. The van der Waals surface area contributed by atoms with Gasteiger partial charge in [0.1, 0.15) is 17.1 Å². The van der Waals surface area contributed by atoms with Crippen LogP contribution in [0.3, 0.4) is 0 Å². The number of furan rings is 1. The van der Waals surface area contributed by atoms with Crippen molar-refractivity contribution in [1.82, 2.24) is 0 Å². The zero-order valence-electron chi connectivity index (χ0n) is 29.3. The Morgan fingerprint density at radius 2 is 1.09 bits per heavy atom. The summed E-state index contributed by atoms with van der Waals surface area (Å²) in [4.78, 5) is 2.27. The first-order chi connectivity index (χ1) is 26.8. The van der Waals surface area contributed by atoms with E-state index >= 15 is 0 Å². The zero-order chi connectivity index (χ0) is 35.6. The average Bonchev–Trinajstić information content (AvgIpc) is 3.62. The Labute approximate surface area is 313 Å². The molecule has 0 fully saturated rings. The van der Waals surface area contributed by atoms with E-state index in [1.807, 2.05) is 18.2 Å². The van der Waals surface area contributed by atoms with Gasteiger partial charge in [-0.2, -0.15) is 0 Å². The smallest absolute Gasteiger partial charge is 0.242 e. The predicted molar refractivity (Wildman–Crippen MR) is 226 cm³/mol. The van der Waals surface area contributed by atoms with Gasteiger partial charge in [0.15, 0.2) is 5.58 Å². The summed E-state index contributed by atoms with van der Waals surface area (Å²) in [5.74, 6) is 1.69. The number of anilines is 3. The highest BCUT2D eigenvalue weighted by molar-refractivity contribution is 6.98. The minimum Gasteiger partial charge on any atom is -0.456 e. The number of hydrogen-bond donors (Lipinski definition) is 0. The van der Waals surface area contributed by atoms with E-state index in [1.54, 1.807) is 0 Å². The molecule has 0 N–H and O–H groups in total. The summed E-state index contributed by atoms with van der Waals surface area (Å²) in [6, 6.07) is 69.0. The van der Waals surface area contributed by atoms with E-state index in [1.165, 1.54) is 38.1 Å². The molecule has 0 spiro atoms. The van der Waals surface area contributed by atoms with Crippen molar-refractivity contribution in [2.45, 2.75) is 0 Å². The van der Waals surface area contributed by atoms with Crippen LogP contribution in [0.5, 0.6) is 11.5 Å². The first-order valence-electron chi connectivity index (χ1n) is 18.5. The SMILES string of the molecule is c1ccc(B(c2cccc3ccccc23)c2ccc3c4c(cccc24)Oc2cc(N(c4ccccc4)c4cccc5c4oc4ccccc45)ccc2-3)cc1. The molecule has 4 heteroatoms. The predicted octanol–water partition coefficient (Wildman–Crippen LogP) is 11.7. The van der Waals surface area contributed by atoms with Gasteiger partial charge in [0.25, 0.3) is 0 Å². The van der Waals surface area contributed by atoms with E-state index in [0.717, 1.165) is 61.4 Å². The molecule has 0 amide bonds. The molecule has 0 bridgehead atoms. The summed E-state index contributed by atoms with van der Waals surface area (Å²) in [5, 5.41) is 7.05. The lowest BCUT2D eigenvalue weighted by Crippen LogP contribution is -2.52. The molecule has 9 aromatic carbocycles. The molecule has 3 nitrogen and oxygen atoms in total. The van der Waals surface area contributed by atoms with Gasteiger partial charge in [0, 0.05) is 33.5 Å². The Balaban J connectivity index is 1.08. The van der Waals surface area contributed by atoms with Crippen molar-refractivity contribution < 1.29 is 9.15 Å². The highest BCUT2D eigenvalue weighted by Gasteiger charge is 2.29. The molecule has 1 aromatic heterocycles. The van der Waals surface area contributed by atoms with Gasteiger partial charge in [-0.25, -0.2) is 0 Å². The van der Waals surface area contributed by atoms with Crippen LogP contribution in [0.15, 0.2) is 199 Å². The molecule has 54 heavy (non-hydrogen) atoms. The second kappa shape index (κ2) is 12.3. The fourth-order valence-electron chi connectivity index (χ4n) is 8.62. The van der Waals surface area contributed by atoms with Gasteiger partial charge in [-0.05, 0) is 64.2 Å². The van der Waals surface area contributed by atoms with Gasteiger partial charge < -0.3 is 14.1 Å². The van der Waals surface area contributed by atoms with E-state index < -0.39 is 0 Å². The van der Waals surface area contributed by atoms with Gasteiger partial charge in [-0.15, -0.1) is 0 Å². The van der Waals surface area contributed by atoms with Crippen molar-refractivity contribution >= 4 is 83.6 Å². The maximum Gasteiger partial charge on any atom is 0.242 e. The fraction of sp³-hybridized carbons (Fsp3) is 0. The van der Waals surface area contributed by atoms with Crippen LogP contribution in [0.2, 0.25) is 0 Å². The van der Waals surface area contributed by atoms with Crippen LogP contribution < -0.4 is 26.0 Å². The minimum atomic E-state index is 0.0331. The molecule has 11 rings (SSSR count). The van der Waals surface area contributed by atoms with Gasteiger partial charge in [-0.1, -0.05) is 162 Å². The van der Waals surface area contributed by atoms with Crippen LogP contribution in [0, 0.1) is 0 Å². The summed E-state index contributed by atoms with van der Waals surface area (Å²) < 4.78 is 13.5. The Kier molecular flexibility index (Phi) is 6.96. The van der Waals surface area contributed by atoms with E-state index in [2.05, 4.69) is 181 Å². The maximum atomic E-state index is 6.91. The maximum absolute atomic E-state index is 6.91. The van der Waals surface area contributed by atoms with Crippen molar-refractivity contribution in [1.29, 1.82) is 0 Å². The van der Waals surface area contributed by atoms with Crippen LogP contribution in [-0.4, -0.2) is 6.71 Å². The molecule has 1 aliphatic rings. The summed E-state index contributed by atoms with van der Waals surface area (Å²) in [6.45, 7) is 0.0331. The lowest BCUT2D eigenvalue weighted by molar-refractivity contribution is 0.487. The number of fused-ring (bicyclic) bond motifs is 6. The quantitative estimate of drug-likeness (QED) is 0.163. The lowest BCUT2D eigenvalue weighted by atomic mass is 9.35. The standard InChI is InChI=1S/C50H32BNO2/c1-3-16-34(17-4-1)51(43-24-11-15-33-14-7-8-20-37(33)43)44-31-30-40-39-29-28-36(32-48(39)53-47-27-13-23-42(44)49(40)47)52(35-18-5-2-6-19-35)45-25-12-22-41-38-21-9-10-26-46(38)54-50(41)45/h1-32H. The second-order valence-electron chi connectivity index (χ2n) is 14.0. The number of para-hydroxylation sites is 3. The van der Waals surface area contributed by atoms with E-state index in [0.29, 0.717) is 0 Å². The summed E-state index contributed by atoms with van der Waals surface area (Å²) >= 11 is 0. The van der Waals surface area contributed by atoms with Gasteiger partial charge in [0.2, 0.25) is 6.71 Å². The molecule has 0 saturated carbocycles. The number of hydrogen-bond acceptors (Lipinski definition) is 3. The zero-order valence-corrected chi connectivity index (χ0v) is 29.3. The van der Waals surface area contributed by atoms with Crippen LogP contribution >= 0.6 is 0 Å². The van der Waals surface area contributed by atoms with Crippen molar-refractivity contribution in [2.24, 2.45) is 0 Å². The first kappa shape index (κ1) is 30.6. The topological polar surface area (TPSA) is 25.6 Å². The van der Waals surface area contributed by atoms with E-state index in [9.17, 15) is 0 Å². The Morgan fingerprint density at radius 3 is 1.98 bits per heavy atom. The number of nitrogens with zero attached hydrogens (tertiary/aromatic N) is 1. The molecular weight excluding hydrogens is 657 g/mol. The highest BCUT2D eigenvalue weighted by Crippen LogP contribution is 2.49. The third kappa shape index (κ3) is 4.77. The minimum absolute atomic E-state index is 0.0331. The molecule has 1 aliphatic heterocycles. The molecule has 2 heterocycles. The molecule has 0 unspecified atom stereocenters. The van der Waals surface area contributed by atoms with Gasteiger partial charge in [-0.3, -0.25) is 0 Å². The summed E-state index contributed by atoms with van der Waals surface area (Å²) in [7, 11) is 0. The summed E-state index contributed by atoms with van der Waals surface area (Å²) in [5.41, 5.74) is 10.8. The highest BCUT2D eigenvalue weighted by atomic mass is 16.5. The largest absolute Gasteiger partial charge is 0.456 e. The molecule has 0 saturated heterocycles. The monoisotopic (exact) mass is 689 g/mol. The normalized spacial score (nSPS) is 11.9. The van der Waals surface area contributed by atoms with Crippen LogP contribution in [0.4, 0.5) is 17.1 Å². The molecule has 252 valence electrons. The van der Waals surface area contributed by atoms with Crippen LogP contribution in [0.25, 0.3) is 54.6 Å². The van der Waals surface area contributed by atoms with Crippen LogP contribution in [0.1, 0.15) is 0 Å². The van der Waals surface area contributed by atoms with Gasteiger partial charge >= 0.3 is 0 Å². The Bertz CT molecular complexity index is 3040. The van der Waals surface area contributed by atoms with E-state index in [4.69, 9.17) is 9.15 Å². The van der Waals surface area contributed by atoms with Crippen molar-refractivity contribution in [3.05, 3.63) is 194 Å². The first-order valence-corrected chi connectivity index (χ1v) is 18.5. The van der Waals surface area contributed by atoms with E-state index in [-0.39, 0.29) is 6.71 Å². The van der Waals surface area contributed by atoms with Gasteiger partial charge in [0.05, 0.1) is 11.4 Å². The Morgan fingerprint density at radius 1 is 0.426 bits per heavy atom.